The molecule has 1 atom stereocenters. The van der Waals surface area contributed by atoms with Crippen molar-refractivity contribution in [3.8, 4) is 0 Å². The molecule has 1 saturated carbocycles. The molecule has 3 nitrogen and oxygen atoms in total. The topological polar surface area (TPSA) is 60.2 Å². The summed E-state index contributed by atoms with van der Waals surface area (Å²) in [6.45, 7) is 0. The molecule has 1 aliphatic carbocycles. The molecule has 19 heavy (non-hydrogen) atoms. The van der Waals surface area contributed by atoms with Crippen LogP contribution in [0.1, 0.15) is 31.2 Å². The average Bonchev–Trinajstić information content (AvgIpc) is 2.85. The smallest absolute Gasteiger partial charge is 0.155 e. The molecule has 1 aliphatic rings. The monoisotopic (exact) mass is 301 g/mol. The molecular formula is C14H20ClNO2S. The lowest BCUT2D eigenvalue weighted by Crippen LogP contribution is -2.36. The first kappa shape index (κ1) is 14.8. The van der Waals surface area contributed by atoms with Crippen molar-refractivity contribution >= 4 is 21.4 Å². The Kier molecular flexibility index (Phi) is 4.87. The van der Waals surface area contributed by atoms with Crippen LogP contribution in [-0.4, -0.2) is 20.2 Å². The minimum atomic E-state index is -3.15. The van der Waals surface area contributed by atoms with Crippen LogP contribution in [0.15, 0.2) is 24.3 Å². The normalized spacial score (nSPS) is 18.6. The van der Waals surface area contributed by atoms with Crippen LogP contribution in [0, 0.1) is 5.92 Å². The van der Waals surface area contributed by atoms with Crippen LogP contribution < -0.4 is 5.73 Å². The second-order valence-electron chi connectivity index (χ2n) is 5.39. The number of halogens is 1. The van der Waals surface area contributed by atoms with Crippen molar-refractivity contribution in [2.75, 3.05) is 5.75 Å². The fourth-order valence-electron chi connectivity index (χ4n) is 2.71. The molecule has 2 N–H and O–H groups in total. The molecule has 1 aromatic carbocycles. The summed E-state index contributed by atoms with van der Waals surface area (Å²) in [5, 5.41) is 0.615. The molecule has 0 bridgehead atoms. The van der Waals surface area contributed by atoms with Crippen molar-refractivity contribution in [1.29, 1.82) is 0 Å². The summed E-state index contributed by atoms with van der Waals surface area (Å²) < 4.78 is 24.3. The van der Waals surface area contributed by atoms with Gasteiger partial charge in [-0.2, -0.15) is 0 Å². The van der Waals surface area contributed by atoms with Crippen molar-refractivity contribution in [3.63, 3.8) is 0 Å². The summed E-state index contributed by atoms with van der Waals surface area (Å²) in [5.41, 5.74) is 6.81. The first-order valence-electron chi connectivity index (χ1n) is 6.67. The minimum Gasteiger partial charge on any atom is -0.327 e. The predicted molar refractivity (Wildman–Crippen MR) is 78.9 cm³/mol. The highest BCUT2D eigenvalue weighted by Crippen LogP contribution is 2.27. The zero-order valence-corrected chi connectivity index (χ0v) is 12.5. The number of rotatable bonds is 5. The van der Waals surface area contributed by atoms with E-state index in [0.29, 0.717) is 10.9 Å². The highest BCUT2D eigenvalue weighted by atomic mass is 35.5. The molecule has 1 aromatic rings. The van der Waals surface area contributed by atoms with Gasteiger partial charge in [0.1, 0.15) is 0 Å². The molecule has 5 heteroatoms. The Morgan fingerprint density at radius 3 is 2.37 bits per heavy atom. The largest absolute Gasteiger partial charge is 0.327 e. The lowest BCUT2D eigenvalue weighted by Gasteiger charge is -2.18. The summed E-state index contributed by atoms with van der Waals surface area (Å²) in [4.78, 5) is 0. The number of benzene rings is 1. The molecule has 1 fully saturated rings. The molecule has 0 radical (unpaired) electrons. The van der Waals surface area contributed by atoms with Gasteiger partial charge in [-0.1, -0.05) is 36.6 Å². The summed E-state index contributed by atoms with van der Waals surface area (Å²) in [5.74, 6) is 0.505. The van der Waals surface area contributed by atoms with Crippen LogP contribution in [0.2, 0.25) is 5.02 Å². The van der Waals surface area contributed by atoms with Gasteiger partial charge in [-0.05, 0) is 36.5 Å². The molecule has 0 heterocycles. The lowest BCUT2D eigenvalue weighted by atomic mass is 10.0. The van der Waals surface area contributed by atoms with Gasteiger partial charge >= 0.3 is 0 Å². The summed E-state index contributed by atoms with van der Waals surface area (Å²) in [7, 11) is -3.15. The van der Waals surface area contributed by atoms with Crippen molar-refractivity contribution < 1.29 is 8.42 Å². The Morgan fingerprint density at radius 2 is 1.79 bits per heavy atom. The molecule has 0 amide bonds. The Morgan fingerprint density at radius 1 is 1.21 bits per heavy atom. The minimum absolute atomic E-state index is 0.0462. The number of nitrogens with two attached hydrogens (primary N) is 1. The van der Waals surface area contributed by atoms with Gasteiger partial charge in [0.25, 0.3) is 0 Å². The molecular weight excluding hydrogens is 282 g/mol. The molecule has 1 unspecified atom stereocenters. The Balaban J connectivity index is 1.96. The van der Waals surface area contributed by atoms with E-state index in [9.17, 15) is 8.42 Å². The van der Waals surface area contributed by atoms with Crippen LogP contribution in [-0.2, 0) is 15.6 Å². The van der Waals surface area contributed by atoms with E-state index < -0.39 is 9.84 Å². The van der Waals surface area contributed by atoms with E-state index in [1.165, 1.54) is 12.8 Å². The standard InChI is InChI=1S/C14H20ClNO2S/c15-13-7-5-11(6-8-13)9-19(17,18)10-14(16)12-3-1-2-4-12/h5-8,12,14H,1-4,9-10,16H2. The zero-order valence-electron chi connectivity index (χ0n) is 10.9. The highest BCUT2D eigenvalue weighted by molar-refractivity contribution is 7.90. The van der Waals surface area contributed by atoms with E-state index in [0.717, 1.165) is 18.4 Å². The lowest BCUT2D eigenvalue weighted by molar-refractivity contribution is 0.454. The van der Waals surface area contributed by atoms with Gasteiger partial charge in [0, 0.05) is 11.1 Å². The fourth-order valence-corrected chi connectivity index (χ4v) is 4.51. The third kappa shape index (κ3) is 4.48. The summed E-state index contributed by atoms with van der Waals surface area (Å²) in [6.07, 6.45) is 4.49. The number of hydrogen-bond acceptors (Lipinski definition) is 3. The van der Waals surface area contributed by atoms with E-state index in [1.807, 2.05) is 0 Å². The van der Waals surface area contributed by atoms with Crippen LogP contribution in [0.3, 0.4) is 0 Å². The molecule has 106 valence electrons. The summed E-state index contributed by atoms with van der Waals surface area (Å²) in [6, 6.07) is 6.70. The van der Waals surface area contributed by atoms with Crippen molar-refractivity contribution in [2.24, 2.45) is 11.7 Å². The maximum absolute atomic E-state index is 12.1. The molecule has 0 spiro atoms. The van der Waals surface area contributed by atoms with Gasteiger partial charge in [0.2, 0.25) is 0 Å². The third-order valence-corrected chi connectivity index (χ3v) is 5.67. The van der Waals surface area contributed by atoms with Crippen LogP contribution >= 0.6 is 11.6 Å². The quantitative estimate of drug-likeness (QED) is 0.909. The highest BCUT2D eigenvalue weighted by Gasteiger charge is 2.26. The maximum atomic E-state index is 12.1. The van der Waals surface area contributed by atoms with Gasteiger partial charge < -0.3 is 5.73 Å². The number of sulfone groups is 1. The average molecular weight is 302 g/mol. The fraction of sp³-hybridized carbons (Fsp3) is 0.571. The van der Waals surface area contributed by atoms with E-state index in [-0.39, 0.29) is 17.5 Å². The number of hydrogen-bond donors (Lipinski definition) is 1. The summed E-state index contributed by atoms with van der Waals surface area (Å²) >= 11 is 5.78. The molecule has 0 aromatic heterocycles. The van der Waals surface area contributed by atoms with Crippen LogP contribution in [0.4, 0.5) is 0 Å². The van der Waals surface area contributed by atoms with E-state index in [1.54, 1.807) is 24.3 Å². The van der Waals surface area contributed by atoms with E-state index >= 15 is 0 Å². The van der Waals surface area contributed by atoms with Gasteiger partial charge in [0.15, 0.2) is 9.84 Å². The SMILES string of the molecule is NC(CS(=O)(=O)Cc1ccc(Cl)cc1)C1CCCC1. The second kappa shape index (κ2) is 6.25. The van der Waals surface area contributed by atoms with Crippen LogP contribution in [0.25, 0.3) is 0 Å². The van der Waals surface area contributed by atoms with Gasteiger partial charge in [0.05, 0.1) is 11.5 Å². The molecule has 0 aliphatic heterocycles. The van der Waals surface area contributed by atoms with Gasteiger partial charge in [-0.15, -0.1) is 0 Å². The van der Waals surface area contributed by atoms with Crippen molar-refractivity contribution in [2.45, 2.75) is 37.5 Å². The predicted octanol–water partition coefficient (Wildman–Crippen LogP) is 2.77. The second-order valence-corrected chi connectivity index (χ2v) is 7.94. The maximum Gasteiger partial charge on any atom is 0.155 e. The van der Waals surface area contributed by atoms with Gasteiger partial charge in [-0.25, -0.2) is 8.42 Å². The van der Waals surface area contributed by atoms with Gasteiger partial charge in [-0.3, -0.25) is 0 Å². The first-order chi connectivity index (χ1) is 8.96. The van der Waals surface area contributed by atoms with E-state index in [4.69, 9.17) is 17.3 Å². The molecule has 2 rings (SSSR count). The molecule has 0 saturated heterocycles. The van der Waals surface area contributed by atoms with Crippen molar-refractivity contribution in [1.82, 2.24) is 0 Å². The third-order valence-electron chi connectivity index (χ3n) is 3.75. The Hall–Kier alpha value is -0.580. The Labute approximate surface area is 120 Å². The Bertz CT molecular complexity index is 507. The van der Waals surface area contributed by atoms with E-state index in [2.05, 4.69) is 0 Å². The zero-order chi connectivity index (χ0) is 13.9. The van der Waals surface area contributed by atoms with Crippen LogP contribution in [0.5, 0.6) is 0 Å². The first-order valence-corrected chi connectivity index (χ1v) is 8.87. The van der Waals surface area contributed by atoms with Crippen molar-refractivity contribution in [3.05, 3.63) is 34.9 Å².